The van der Waals surface area contributed by atoms with E-state index in [1.54, 1.807) is 42.5 Å². The van der Waals surface area contributed by atoms with E-state index in [9.17, 15) is 9.59 Å². The van der Waals surface area contributed by atoms with E-state index in [1.807, 2.05) is 38.1 Å². The Bertz CT molecular complexity index is 1200. The maximum Gasteiger partial charge on any atom is 0.337 e. The highest BCUT2D eigenvalue weighted by molar-refractivity contribution is 7.14. The molecule has 33 heavy (non-hydrogen) atoms. The first-order valence-corrected chi connectivity index (χ1v) is 11.6. The number of hydrogen-bond donors (Lipinski definition) is 1. The van der Waals surface area contributed by atoms with Gasteiger partial charge in [0.15, 0.2) is 6.10 Å². The van der Waals surface area contributed by atoms with Crippen molar-refractivity contribution in [2.75, 3.05) is 6.61 Å². The Morgan fingerprint density at radius 2 is 1.39 bits per heavy atom. The third-order valence-corrected chi connectivity index (χ3v) is 6.14. The summed E-state index contributed by atoms with van der Waals surface area (Å²) in [7, 11) is 0. The molecule has 1 unspecified atom stereocenters. The fourth-order valence-electron chi connectivity index (χ4n) is 2.81. The van der Waals surface area contributed by atoms with Gasteiger partial charge in [-0.15, -0.1) is 20.4 Å². The summed E-state index contributed by atoms with van der Waals surface area (Å²) in [6.45, 7) is 5.94. The Kier molecular flexibility index (Phi) is 8.47. The average molecular weight is 483 g/mol. The van der Waals surface area contributed by atoms with Gasteiger partial charge in [0.1, 0.15) is 26.3 Å². The van der Waals surface area contributed by atoms with Crippen LogP contribution in [0.15, 0.2) is 48.5 Å². The number of aryl methyl sites for hydroxylation is 2. The molecule has 0 saturated carbocycles. The molecular formula is C23H22N4O4S2. The number of ether oxygens (including phenoxy) is 1. The monoisotopic (exact) mass is 482 g/mol. The first-order chi connectivity index (χ1) is 15.9. The summed E-state index contributed by atoms with van der Waals surface area (Å²) in [5, 5.41) is 28.6. The van der Waals surface area contributed by atoms with Gasteiger partial charge in [-0.1, -0.05) is 71.2 Å². The molecule has 2 aromatic heterocycles. The number of aliphatic carboxylic acids is 1. The molecule has 10 heteroatoms. The standard InChI is InChI=1S/C13H14N2O3S.C10H8N2OS/c1-3-18-11(13(16)17)9-4-6-10(7-5-9)12-15-14-8(2)19-12;1-7-11-12-10(14-7)9-4-2-8(6-13)3-5-9/h4-7,11H,3H2,1-2H3,(H,16,17);2-6H,1H3. The Labute approximate surface area is 198 Å². The molecule has 170 valence electrons. The molecular weight excluding hydrogens is 460 g/mol. The molecule has 1 atom stereocenters. The molecule has 0 bridgehead atoms. The minimum atomic E-state index is -0.985. The fraction of sp³-hybridized carbons (Fsp3) is 0.217. The number of carboxylic acid groups (broad SMARTS) is 1. The van der Waals surface area contributed by atoms with Gasteiger partial charge in [-0.2, -0.15) is 0 Å². The highest BCUT2D eigenvalue weighted by atomic mass is 32.1. The molecule has 0 aliphatic carbocycles. The van der Waals surface area contributed by atoms with Crippen LogP contribution in [0.3, 0.4) is 0 Å². The van der Waals surface area contributed by atoms with Crippen molar-refractivity contribution < 1.29 is 19.4 Å². The molecule has 0 fully saturated rings. The molecule has 0 radical (unpaired) electrons. The summed E-state index contributed by atoms with van der Waals surface area (Å²) >= 11 is 3.05. The number of carboxylic acids is 1. The number of carbonyl (C=O) groups excluding carboxylic acids is 1. The van der Waals surface area contributed by atoms with E-state index in [1.165, 1.54) is 11.3 Å². The van der Waals surface area contributed by atoms with E-state index < -0.39 is 12.1 Å². The third-order valence-electron chi connectivity index (χ3n) is 4.36. The van der Waals surface area contributed by atoms with Gasteiger partial charge in [0.25, 0.3) is 0 Å². The van der Waals surface area contributed by atoms with Crippen molar-refractivity contribution in [2.45, 2.75) is 26.9 Å². The number of carbonyl (C=O) groups is 2. The molecule has 2 aromatic carbocycles. The minimum absolute atomic E-state index is 0.355. The van der Waals surface area contributed by atoms with E-state index in [4.69, 9.17) is 9.84 Å². The zero-order valence-electron chi connectivity index (χ0n) is 18.3. The number of hydrogen-bond acceptors (Lipinski definition) is 9. The van der Waals surface area contributed by atoms with Crippen molar-refractivity contribution in [3.05, 3.63) is 69.7 Å². The van der Waals surface area contributed by atoms with Crippen LogP contribution in [0, 0.1) is 13.8 Å². The Hall–Kier alpha value is -3.34. The summed E-state index contributed by atoms with van der Waals surface area (Å²) < 4.78 is 5.21. The zero-order valence-corrected chi connectivity index (χ0v) is 19.9. The van der Waals surface area contributed by atoms with Crippen LogP contribution in [0.1, 0.15) is 39.0 Å². The van der Waals surface area contributed by atoms with Crippen LogP contribution in [-0.2, 0) is 9.53 Å². The van der Waals surface area contributed by atoms with E-state index >= 15 is 0 Å². The molecule has 1 N–H and O–H groups in total. The first-order valence-electron chi connectivity index (χ1n) is 10.0. The lowest BCUT2D eigenvalue weighted by Crippen LogP contribution is -2.15. The van der Waals surface area contributed by atoms with Crippen LogP contribution in [0.25, 0.3) is 21.1 Å². The molecule has 8 nitrogen and oxygen atoms in total. The Morgan fingerprint density at radius 3 is 1.76 bits per heavy atom. The quantitative estimate of drug-likeness (QED) is 0.366. The molecule has 0 aliphatic heterocycles. The number of aromatic nitrogens is 4. The van der Waals surface area contributed by atoms with Crippen LogP contribution < -0.4 is 0 Å². The van der Waals surface area contributed by atoms with Crippen molar-refractivity contribution in [2.24, 2.45) is 0 Å². The predicted molar refractivity (Wildman–Crippen MR) is 128 cm³/mol. The second-order valence-electron chi connectivity index (χ2n) is 6.79. The van der Waals surface area contributed by atoms with Crippen molar-refractivity contribution >= 4 is 34.9 Å². The molecule has 0 aliphatic rings. The molecule has 4 rings (SSSR count). The Balaban J connectivity index is 0.000000194. The number of nitrogens with zero attached hydrogens (tertiary/aromatic N) is 4. The summed E-state index contributed by atoms with van der Waals surface area (Å²) in [6.07, 6.45) is -0.0926. The topological polar surface area (TPSA) is 115 Å². The SMILES string of the molecule is CCOC(C(=O)O)c1ccc(-c2nnc(C)s2)cc1.Cc1nnc(-c2ccc(C=O)cc2)s1. The largest absolute Gasteiger partial charge is 0.479 e. The van der Waals surface area contributed by atoms with Crippen molar-refractivity contribution in [3.8, 4) is 21.1 Å². The zero-order chi connectivity index (χ0) is 23.8. The molecule has 0 spiro atoms. The van der Waals surface area contributed by atoms with Crippen molar-refractivity contribution in [1.82, 2.24) is 20.4 Å². The average Bonchev–Trinajstić information content (AvgIpc) is 3.46. The van der Waals surface area contributed by atoms with Gasteiger partial charge in [-0.05, 0) is 26.3 Å². The second kappa shape index (κ2) is 11.5. The maximum absolute atomic E-state index is 11.1. The predicted octanol–water partition coefficient (Wildman–Crippen LogP) is 5.00. The highest BCUT2D eigenvalue weighted by Gasteiger charge is 2.19. The Morgan fingerprint density at radius 1 is 0.909 bits per heavy atom. The van der Waals surface area contributed by atoms with Gasteiger partial charge in [0, 0.05) is 23.3 Å². The van der Waals surface area contributed by atoms with E-state index in [0.717, 1.165) is 37.4 Å². The van der Waals surface area contributed by atoms with Crippen LogP contribution in [0.5, 0.6) is 0 Å². The van der Waals surface area contributed by atoms with Crippen molar-refractivity contribution in [1.29, 1.82) is 0 Å². The van der Waals surface area contributed by atoms with E-state index in [-0.39, 0.29) is 0 Å². The second-order valence-corrected chi connectivity index (χ2v) is 9.15. The van der Waals surface area contributed by atoms with Crippen LogP contribution in [-0.4, -0.2) is 44.4 Å². The number of benzene rings is 2. The summed E-state index contributed by atoms with van der Waals surface area (Å²) in [6, 6.07) is 14.5. The molecule has 0 saturated heterocycles. The van der Waals surface area contributed by atoms with Crippen LogP contribution in [0.4, 0.5) is 0 Å². The highest BCUT2D eigenvalue weighted by Crippen LogP contribution is 2.26. The van der Waals surface area contributed by atoms with Crippen molar-refractivity contribution in [3.63, 3.8) is 0 Å². The van der Waals surface area contributed by atoms with E-state index in [2.05, 4.69) is 20.4 Å². The smallest absolute Gasteiger partial charge is 0.337 e. The molecule has 4 aromatic rings. The van der Waals surface area contributed by atoms with Crippen LogP contribution in [0.2, 0.25) is 0 Å². The molecule has 2 heterocycles. The van der Waals surface area contributed by atoms with Gasteiger partial charge in [-0.3, -0.25) is 4.79 Å². The van der Waals surface area contributed by atoms with Gasteiger partial charge < -0.3 is 9.84 Å². The van der Waals surface area contributed by atoms with Gasteiger partial charge in [0.2, 0.25) is 0 Å². The third kappa shape index (κ3) is 6.58. The van der Waals surface area contributed by atoms with E-state index in [0.29, 0.717) is 17.7 Å². The van der Waals surface area contributed by atoms with Gasteiger partial charge >= 0.3 is 5.97 Å². The molecule has 0 amide bonds. The summed E-state index contributed by atoms with van der Waals surface area (Å²) in [4.78, 5) is 21.5. The number of rotatable bonds is 7. The lowest BCUT2D eigenvalue weighted by Gasteiger charge is -2.12. The summed E-state index contributed by atoms with van der Waals surface area (Å²) in [5.41, 5.74) is 3.23. The lowest BCUT2D eigenvalue weighted by molar-refractivity contribution is -0.150. The minimum Gasteiger partial charge on any atom is -0.479 e. The maximum atomic E-state index is 11.1. The van der Waals surface area contributed by atoms with Gasteiger partial charge in [0.05, 0.1) is 0 Å². The van der Waals surface area contributed by atoms with Gasteiger partial charge in [-0.25, -0.2) is 4.79 Å². The normalized spacial score (nSPS) is 11.4. The number of aldehydes is 1. The van der Waals surface area contributed by atoms with Crippen LogP contribution >= 0.6 is 22.7 Å². The fourth-order valence-corrected chi connectivity index (χ4v) is 4.20. The lowest BCUT2D eigenvalue weighted by atomic mass is 10.1. The first kappa shape index (κ1) is 24.3. The summed E-state index contributed by atoms with van der Waals surface area (Å²) in [5.74, 6) is -0.985.